The maximum absolute atomic E-state index is 12.6. The molecule has 0 bridgehead atoms. The van der Waals surface area contributed by atoms with E-state index in [2.05, 4.69) is 20.7 Å². The number of nitrogens with one attached hydrogen (secondary N) is 2. The molecule has 2 amide bonds. The molecule has 0 saturated heterocycles. The van der Waals surface area contributed by atoms with Gasteiger partial charge in [0, 0.05) is 35.9 Å². The van der Waals surface area contributed by atoms with Gasteiger partial charge in [0.05, 0.1) is 11.3 Å². The van der Waals surface area contributed by atoms with Gasteiger partial charge in [-0.2, -0.15) is 5.10 Å². The van der Waals surface area contributed by atoms with Crippen LogP contribution in [-0.4, -0.2) is 26.6 Å². The topological polar surface area (TPSA) is 88.9 Å². The van der Waals surface area contributed by atoms with Gasteiger partial charge in [0.25, 0.3) is 5.91 Å². The third kappa shape index (κ3) is 3.56. The van der Waals surface area contributed by atoms with Gasteiger partial charge in [0.15, 0.2) is 5.65 Å². The molecule has 0 spiro atoms. The van der Waals surface area contributed by atoms with Crippen LogP contribution in [0.25, 0.3) is 11.0 Å². The summed E-state index contributed by atoms with van der Waals surface area (Å²) >= 11 is 0. The molecule has 0 unspecified atom stereocenters. The highest BCUT2D eigenvalue weighted by Crippen LogP contribution is 2.19. The first-order valence-corrected chi connectivity index (χ1v) is 8.37. The normalized spacial score (nSPS) is 11.0. The number of amides is 2. The van der Waals surface area contributed by atoms with Gasteiger partial charge in [-0.1, -0.05) is 19.9 Å². The van der Waals surface area contributed by atoms with E-state index in [-0.39, 0.29) is 17.7 Å². The van der Waals surface area contributed by atoms with Gasteiger partial charge in [-0.15, -0.1) is 0 Å². The Kier molecular flexibility index (Phi) is 4.71. The van der Waals surface area contributed by atoms with E-state index < -0.39 is 0 Å². The molecule has 2 N–H and O–H groups in total. The predicted octanol–water partition coefficient (Wildman–Crippen LogP) is 3.12. The van der Waals surface area contributed by atoms with E-state index in [1.807, 2.05) is 27.8 Å². The summed E-state index contributed by atoms with van der Waals surface area (Å²) in [5.74, 6) is -0.459. The highest BCUT2D eigenvalue weighted by Gasteiger charge is 2.13. The average molecular weight is 351 g/mol. The zero-order valence-corrected chi connectivity index (χ0v) is 15.2. The third-order valence-corrected chi connectivity index (χ3v) is 4.04. The number of aromatic nitrogens is 3. The number of pyridine rings is 1. The molecule has 134 valence electrons. The maximum Gasteiger partial charge on any atom is 0.257 e. The van der Waals surface area contributed by atoms with Crippen molar-refractivity contribution in [3.63, 3.8) is 0 Å². The summed E-state index contributed by atoms with van der Waals surface area (Å²) in [6.45, 7) is 5.53. The van der Waals surface area contributed by atoms with E-state index in [1.54, 1.807) is 35.0 Å². The first-order chi connectivity index (χ1) is 12.3. The summed E-state index contributed by atoms with van der Waals surface area (Å²) in [5, 5.41) is 10.8. The van der Waals surface area contributed by atoms with Crippen LogP contribution in [0.3, 0.4) is 0 Å². The van der Waals surface area contributed by atoms with E-state index >= 15 is 0 Å². The van der Waals surface area contributed by atoms with Crippen molar-refractivity contribution in [2.24, 2.45) is 13.0 Å². The fourth-order valence-electron chi connectivity index (χ4n) is 2.60. The second-order valence-corrected chi connectivity index (χ2v) is 6.48. The van der Waals surface area contributed by atoms with E-state index in [0.717, 1.165) is 16.7 Å². The van der Waals surface area contributed by atoms with Crippen LogP contribution in [0.2, 0.25) is 0 Å². The van der Waals surface area contributed by atoms with Crippen LogP contribution in [0.1, 0.15) is 29.9 Å². The van der Waals surface area contributed by atoms with Crippen molar-refractivity contribution < 1.29 is 9.59 Å². The van der Waals surface area contributed by atoms with Crippen molar-refractivity contribution in [1.29, 1.82) is 0 Å². The minimum absolute atomic E-state index is 0.0739. The Labute approximate surface area is 151 Å². The smallest absolute Gasteiger partial charge is 0.257 e. The summed E-state index contributed by atoms with van der Waals surface area (Å²) in [5.41, 5.74) is 3.24. The van der Waals surface area contributed by atoms with Crippen LogP contribution in [-0.2, 0) is 11.8 Å². The summed E-state index contributed by atoms with van der Waals surface area (Å²) in [4.78, 5) is 28.7. The van der Waals surface area contributed by atoms with Gasteiger partial charge < -0.3 is 10.6 Å². The van der Waals surface area contributed by atoms with Gasteiger partial charge in [0.2, 0.25) is 5.91 Å². The van der Waals surface area contributed by atoms with Gasteiger partial charge in [-0.3, -0.25) is 14.3 Å². The first-order valence-electron chi connectivity index (χ1n) is 8.37. The Morgan fingerprint density at radius 2 is 1.81 bits per heavy atom. The number of nitrogens with zero attached hydrogens (tertiary/aromatic N) is 3. The molecule has 0 aliphatic heterocycles. The number of carbonyl (C=O) groups excluding carboxylic acids is 2. The molecule has 7 heteroatoms. The second kappa shape index (κ2) is 6.95. The van der Waals surface area contributed by atoms with Crippen molar-refractivity contribution in [1.82, 2.24) is 14.8 Å². The zero-order chi connectivity index (χ0) is 18.8. The molecule has 0 aliphatic rings. The number of carbonyl (C=O) groups is 2. The average Bonchev–Trinajstić information content (AvgIpc) is 2.89. The van der Waals surface area contributed by atoms with Crippen molar-refractivity contribution in [3.05, 3.63) is 47.8 Å². The SMILES string of the molecule is Cc1nn(C)c2ncc(C(=O)Nc3cccc(NC(=O)C(C)C)c3)cc12. The van der Waals surface area contributed by atoms with Crippen LogP contribution < -0.4 is 10.6 Å². The highest BCUT2D eigenvalue weighted by atomic mass is 16.2. The van der Waals surface area contributed by atoms with Crippen molar-refractivity contribution >= 4 is 34.2 Å². The monoisotopic (exact) mass is 351 g/mol. The second-order valence-electron chi connectivity index (χ2n) is 6.48. The largest absolute Gasteiger partial charge is 0.326 e. The van der Waals surface area contributed by atoms with E-state index in [4.69, 9.17) is 0 Å². The molecular formula is C19H21N5O2. The van der Waals surface area contributed by atoms with Gasteiger partial charge >= 0.3 is 0 Å². The fraction of sp³-hybridized carbons (Fsp3) is 0.263. The van der Waals surface area contributed by atoms with E-state index in [9.17, 15) is 9.59 Å². The Morgan fingerprint density at radius 3 is 2.50 bits per heavy atom. The lowest BCUT2D eigenvalue weighted by Gasteiger charge is -2.10. The lowest BCUT2D eigenvalue weighted by atomic mass is 10.2. The molecule has 0 radical (unpaired) electrons. The minimum Gasteiger partial charge on any atom is -0.326 e. The summed E-state index contributed by atoms with van der Waals surface area (Å²) in [7, 11) is 1.82. The Hall–Kier alpha value is -3.22. The molecule has 26 heavy (non-hydrogen) atoms. The molecule has 2 aromatic heterocycles. The van der Waals surface area contributed by atoms with E-state index in [0.29, 0.717) is 16.9 Å². The van der Waals surface area contributed by atoms with Gasteiger partial charge in [0.1, 0.15) is 0 Å². The Balaban J connectivity index is 1.80. The number of hydrogen-bond acceptors (Lipinski definition) is 4. The molecule has 1 aromatic carbocycles. The molecule has 2 heterocycles. The number of benzene rings is 1. The van der Waals surface area contributed by atoms with Crippen molar-refractivity contribution in [3.8, 4) is 0 Å². The Bertz CT molecular complexity index is 991. The third-order valence-electron chi connectivity index (χ3n) is 4.04. The standard InChI is InChI=1S/C19H21N5O2/c1-11(2)18(25)21-14-6-5-7-15(9-14)22-19(26)13-8-16-12(3)23-24(4)17(16)20-10-13/h5-11H,1-4H3,(H,21,25)(H,22,26). The maximum atomic E-state index is 12.6. The number of anilines is 2. The molecule has 0 aliphatic carbocycles. The molecule has 7 nitrogen and oxygen atoms in total. The molecular weight excluding hydrogens is 330 g/mol. The molecule has 3 aromatic rings. The van der Waals surface area contributed by atoms with Crippen molar-refractivity contribution in [2.75, 3.05) is 10.6 Å². The summed E-state index contributed by atoms with van der Waals surface area (Å²) < 4.78 is 1.69. The predicted molar refractivity (Wildman–Crippen MR) is 101 cm³/mol. The number of rotatable bonds is 4. The fourth-order valence-corrected chi connectivity index (χ4v) is 2.60. The van der Waals surface area contributed by atoms with Gasteiger partial charge in [-0.05, 0) is 31.2 Å². The molecule has 0 fully saturated rings. The molecule has 0 atom stereocenters. The van der Waals surface area contributed by atoms with Crippen LogP contribution >= 0.6 is 0 Å². The lowest BCUT2D eigenvalue weighted by molar-refractivity contribution is -0.118. The van der Waals surface area contributed by atoms with Crippen molar-refractivity contribution in [2.45, 2.75) is 20.8 Å². The Morgan fingerprint density at radius 1 is 1.12 bits per heavy atom. The highest BCUT2D eigenvalue weighted by molar-refractivity contribution is 6.06. The quantitative estimate of drug-likeness (QED) is 0.756. The summed E-state index contributed by atoms with van der Waals surface area (Å²) in [6.07, 6.45) is 1.53. The van der Waals surface area contributed by atoms with E-state index in [1.165, 1.54) is 6.20 Å². The molecule has 3 rings (SSSR count). The van der Waals surface area contributed by atoms with Crippen LogP contribution in [0.15, 0.2) is 36.5 Å². The zero-order valence-electron chi connectivity index (χ0n) is 15.2. The number of hydrogen-bond donors (Lipinski definition) is 2. The van der Waals surface area contributed by atoms with Crippen LogP contribution in [0, 0.1) is 12.8 Å². The van der Waals surface area contributed by atoms with Gasteiger partial charge in [-0.25, -0.2) is 4.98 Å². The molecule has 0 saturated carbocycles. The minimum atomic E-state index is -0.269. The number of fused-ring (bicyclic) bond motifs is 1. The van der Waals surface area contributed by atoms with Crippen LogP contribution in [0.4, 0.5) is 11.4 Å². The first kappa shape index (κ1) is 17.6. The lowest BCUT2D eigenvalue weighted by Crippen LogP contribution is -2.18. The summed E-state index contributed by atoms with van der Waals surface area (Å²) in [6, 6.07) is 8.83. The number of aryl methyl sites for hydroxylation is 2. The van der Waals surface area contributed by atoms with Crippen LogP contribution in [0.5, 0.6) is 0 Å².